The maximum Gasteiger partial charge on any atom is 0.415 e. The second-order valence-electron chi connectivity index (χ2n) is 7.39. The largest absolute Gasteiger partial charge is 0.820 e. The van der Waals surface area contributed by atoms with Gasteiger partial charge in [-0.2, -0.15) is 0 Å². The molecule has 0 unspecified atom stereocenters. The van der Waals surface area contributed by atoms with Crippen LogP contribution in [0.3, 0.4) is 0 Å². The summed E-state index contributed by atoms with van der Waals surface area (Å²) in [6.07, 6.45) is 11.1. The van der Waals surface area contributed by atoms with Gasteiger partial charge < -0.3 is 19.2 Å². The van der Waals surface area contributed by atoms with Gasteiger partial charge in [0.05, 0.1) is 31.9 Å². The first kappa shape index (κ1) is 26.0. The van der Waals surface area contributed by atoms with Gasteiger partial charge >= 0.3 is 7.32 Å². The van der Waals surface area contributed by atoms with Crippen LogP contribution in [0.4, 0.5) is 0 Å². The molecule has 0 bridgehead atoms. The summed E-state index contributed by atoms with van der Waals surface area (Å²) in [5.74, 6) is 0.380. The Balaban J connectivity index is 0.000000569. The molecule has 1 aromatic rings. The van der Waals surface area contributed by atoms with E-state index in [4.69, 9.17) is 5.02 Å². The molecule has 0 amide bonds. The molecule has 1 rings (SSSR count). The molecule has 0 fully saturated rings. The highest BCUT2D eigenvalue weighted by Crippen LogP contribution is 2.16. The van der Waals surface area contributed by atoms with Crippen molar-refractivity contribution in [2.24, 2.45) is 0 Å². The molecule has 156 valence electrons. The third-order valence-corrected chi connectivity index (χ3v) is 4.92. The van der Waals surface area contributed by atoms with Gasteiger partial charge in [0.2, 0.25) is 0 Å². The number of hydrogen-bond acceptors (Lipinski definition) is 3. The van der Waals surface area contributed by atoms with Crippen LogP contribution in [0.1, 0.15) is 79.1 Å². The van der Waals surface area contributed by atoms with Crippen molar-refractivity contribution in [1.82, 2.24) is 0 Å². The van der Waals surface area contributed by atoms with Gasteiger partial charge in [0, 0.05) is 0 Å². The summed E-state index contributed by atoms with van der Waals surface area (Å²) in [5, 5.41) is 18.3. The van der Waals surface area contributed by atoms with Gasteiger partial charge in [-0.3, -0.25) is 0 Å². The normalized spacial score (nSPS) is 10.9. The maximum absolute atomic E-state index is 10.0. The van der Waals surface area contributed by atoms with Gasteiger partial charge in [-0.1, -0.05) is 71.6 Å². The van der Waals surface area contributed by atoms with Crippen LogP contribution in [0.25, 0.3) is 0 Å². The molecule has 0 aliphatic heterocycles. The number of benzene rings is 1. The van der Waals surface area contributed by atoms with Crippen molar-refractivity contribution < 1.29 is 19.2 Å². The van der Waals surface area contributed by atoms with E-state index in [1.807, 2.05) is 0 Å². The molecule has 4 nitrogen and oxygen atoms in total. The molecule has 0 spiro atoms. The smallest absolute Gasteiger partial charge is 0.415 e. The highest BCUT2D eigenvalue weighted by atomic mass is 16.6. The Kier molecular flexibility index (Phi) is 16.4. The summed E-state index contributed by atoms with van der Waals surface area (Å²) < 4.78 is 5.83. The van der Waals surface area contributed by atoms with E-state index in [2.05, 4.69) is 32.3 Å². The fraction of sp³-hybridized carbons (Fsp3) is 0.727. The lowest BCUT2D eigenvalue weighted by Gasteiger charge is -2.39. The Labute approximate surface area is 168 Å². The zero-order valence-corrected chi connectivity index (χ0v) is 18.2. The van der Waals surface area contributed by atoms with Crippen molar-refractivity contribution in [1.29, 1.82) is 0 Å². The van der Waals surface area contributed by atoms with Crippen LogP contribution >= 0.6 is 0 Å². The molecule has 0 aliphatic carbocycles. The Morgan fingerprint density at radius 2 is 1.15 bits per heavy atom. The molecule has 0 atom stereocenters. The lowest BCUT2D eigenvalue weighted by molar-refractivity contribution is -0.929. The highest BCUT2D eigenvalue weighted by molar-refractivity contribution is 6.31. The van der Waals surface area contributed by atoms with Crippen LogP contribution in [0.5, 0.6) is 5.75 Å². The summed E-state index contributed by atoms with van der Waals surface area (Å²) in [4.78, 5) is 0. The Bertz CT molecular complexity index is 391. The number of para-hydroxylation sites is 1. The standard InChI is InChI=1S/C16H36N.C6H6BO3/c1-5-9-13-17(14-10-6-2,15-11-7-3)16-12-8-4;8-7(9)10-6-4-2-1-3-5-6/h5-16H2,1-4H3;1-5,8H/q+1;-1. The second kappa shape index (κ2) is 17.1. The van der Waals surface area contributed by atoms with E-state index in [-0.39, 0.29) is 0 Å². The molecule has 0 saturated heterocycles. The van der Waals surface area contributed by atoms with Gasteiger partial charge in [0.1, 0.15) is 0 Å². The first-order valence-corrected chi connectivity index (χ1v) is 10.9. The maximum atomic E-state index is 10.0. The summed E-state index contributed by atoms with van der Waals surface area (Å²) in [6, 6.07) is 8.43. The van der Waals surface area contributed by atoms with Crippen LogP contribution in [-0.2, 0) is 0 Å². The van der Waals surface area contributed by atoms with E-state index in [9.17, 15) is 5.02 Å². The predicted molar refractivity (Wildman–Crippen MR) is 114 cm³/mol. The van der Waals surface area contributed by atoms with Crippen molar-refractivity contribution in [2.45, 2.75) is 79.1 Å². The summed E-state index contributed by atoms with van der Waals surface area (Å²) in [6.45, 7) is 15.0. The SMILES string of the molecule is CCCC[N+](CCCC)(CCCC)CCCC.[O-]B(O)Oc1ccccc1. The molecule has 1 N–H and O–H groups in total. The van der Waals surface area contributed by atoms with Crippen molar-refractivity contribution in [3.63, 3.8) is 0 Å². The van der Waals surface area contributed by atoms with Crippen molar-refractivity contribution in [2.75, 3.05) is 26.2 Å². The minimum Gasteiger partial charge on any atom is -0.820 e. The average molecular weight is 379 g/mol. The number of unbranched alkanes of at least 4 members (excludes halogenated alkanes) is 4. The molecular weight excluding hydrogens is 337 g/mol. The Hall–Kier alpha value is -1.04. The number of rotatable bonds is 14. The first-order chi connectivity index (χ1) is 13.0. The molecule has 5 heteroatoms. The minimum absolute atomic E-state index is 0.380. The summed E-state index contributed by atoms with van der Waals surface area (Å²) in [5.41, 5.74) is 0. The molecule has 0 heterocycles. The average Bonchev–Trinajstić information content (AvgIpc) is 2.68. The molecule has 1 aromatic carbocycles. The van der Waals surface area contributed by atoms with E-state index in [1.165, 1.54) is 82.0 Å². The zero-order valence-electron chi connectivity index (χ0n) is 18.2. The monoisotopic (exact) mass is 379 g/mol. The van der Waals surface area contributed by atoms with Crippen LogP contribution in [0.2, 0.25) is 0 Å². The van der Waals surface area contributed by atoms with Gasteiger partial charge in [0.25, 0.3) is 0 Å². The van der Waals surface area contributed by atoms with E-state index in [0.29, 0.717) is 5.75 Å². The Morgan fingerprint density at radius 3 is 1.44 bits per heavy atom. The minimum atomic E-state index is -1.98. The topological polar surface area (TPSA) is 52.5 Å². The Morgan fingerprint density at radius 1 is 0.778 bits per heavy atom. The third kappa shape index (κ3) is 13.7. The number of hydrogen-bond donors (Lipinski definition) is 1. The number of nitrogens with zero attached hydrogens (tertiary/aromatic N) is 1. The van der Waals surface area contributed by atoms with Gasteiger partial charge in [0.15, 0.2) is 0 Å². The van der Waals surface area contributed by atoms with Gasteiger partial charge in [-0.05, 0) is 37.8 Å². The van der Waals surface area contributed by atoms with Crippen LogP contribution in [-0.4, -0.2) is 43.0 Å². The lowest BCUT2D eigenvalue weighted by atomic mass is 10.1. The van der Waals surface area contributed by atoms with E-state index in [0.717, 1.165) is 0 Å². The van der Waals surface area contributed by atoms with E-state index in [1.54, 1.807) is 30.3 Å². The van der Waals surface area contributed by atoms with Crippen LogP contribution in [0, 0.1) is 0 Å². The third-order valence-electron chi connectivity index (χ3n) is 4.92. The molecule has 27 heavy (non-hydrogen) atoms. The fourth-order valence-electron chi connectivity index (χ4n) is 3.26. The van der Waals surface area contributed by atoms with E-state index < -0.39 is 7.32 Å². The van der Waals surface area contributed by atoms with Crippen LogP contribution in [0.15, 0.2) is 30.3 Å². The number of quaternary nitrogens is 1. The van der Waals surface area contributed by atoms with Gasteiger partial charge in [-0.25, -0.2) is 0 Å². The molecule has 0 radical (unpaired) electrons. The molecule has 0 saturated carbocycles. The first-order valence-electron chi connectivity index (χ1n) is 10.9. The van der Waals surface area contributed by atoms with Crippen molar-refractivity contribution >= 4 is 7.32 Å². The second-order valence-corrected chi connectivity index (χ2v) is 7.39. The van der Waals surface area contributed by atoms with Crippen molar-refractivity contribution in [3.8, 4) is 5.75 Å². The highest BCUT2D eigenvalue weighted by Gasteiger charge is 2.24. The van der Waals surface area contributed by atoms with Gasteiger partial charge in [-0.15, -0.1) is 0 Å². The van der Waals surface area contributed by atoms with Crippen molar-refractivity contribution in [3.05, 3.63) is 30.3 Å². The van der Waals surface area contributed by atoms with Crippen LogP contribution < -0.4 is 9.68 Å². The lowest BCUT2D eigenvalue weighted by Crippen LogP contribution is -2.50. The zero-order chi connectivity index (χ0) is 20.4. The summed E-state index contributed by atoms with van der Waals surface area (Å²) >= 11 is 0. The quantitative estimate of drug-likeness (QED) is 0.385. The summed E-state index contributed by atoms with van der Waals surface area (Å²) in [7, 11) is -1.98. The fourth-order valence-corrected chi connectivity index (χ4v) is 3.26. The molecule has 0 aromatic heterocycles. The predicted octanol–water partition coefficient (Wildman–Crippen LogP) is 4.41. The molecular formula is C22H42BNO3. The van der Waals surface area contributed by atoms with E-state index >= 15 is 0 Å². The molecule has 0 aliphatic rings.